The maximum Gasteiger partial charge on any atom is 0.319 e. The summed E-state index contributed by atoms with van der Waals surface area (Å²) < 4.78 is 81.5. The highest BCUT2D eigenvalue weighted by Crippen LogP contribution is 2.52. The number of ether oxygens (including phenoxy) is 1. The zero-order valence-electron chi connectivity index (χ0n) is 28.5. The molecule has 3 aliphatic heterocycles. The molecule has 5 fully saturated rings. The first-order chi connectivity index (χ1) is 24.5. The normalized spacial score (nSPS) is 24.8. The molecule has 3 aromatic rings. The molecule has 12 heteroatoms. The Morgan fingerprint density at radius 1 is 1.02 bits per heavy atom. The van der Waals surface area contributed by atoms with E-state index >= 15 is 8.78 Å². The summed E-state index contributed by atoms with van der Waals surface area (Å²) in [5, 5.41) is 14.2. The summed E-state index contributed by atoms with van der Waals surface area (Å²) in [5.41, 5.74) is -0.835. The number of aromatic nitrogens is 2. The summed E-state index contributed by atoms with van der Waals surface area (Å²) in [6, 6.07) is 4.02. The lowest BCUT2D eigenvalue weighted by atomic mass is 9.72. The third-order valence-corrected chi connectivity index (χ3v) is 12.0. The molecule has 2 aromatic carbocycles. The third kappa shape index (κ3) is 6.63. The lowest BCUT2D eigenvalue weighted by Gasteiger charge is -2.37. The highest BCUT2D eigenvalue weighted by Gasteiger charge is 2.50. The second-order valence-corrected chi connectivity index (χ2v) is 15.6. The Labute approximate surface area is 294 Å². The van der Waals surface area contributed by atoms with Gasteiger partial charge >= 0.3 is 6.01 Å². The molecule has 8 rings (SSSR count). The number of nitrogens with zero attached hydrogens (tertiary/aromatic N) is 4. The number of halogens is 5. The summed E-state index contributed by atoms with van der Waals surface area (Å²) in [7, 11) is 0. The lowest BCUT2D eigenvalue weighted by molar-refractivity contribution is -0.0650. The number of aromatic hydroxyl groups is 1. The number of benzene rings is 2. The standard InChI is InChI=1S/C39H42F5N5O2/c1-2-3-4-24-15-27(50)16-28(30(24)18-40)32-31(41)17-29-34(33(32)42)46-36(47-35(29)49-19-25-5-6-26(20-49)45-25)51-23-38(7-8-38)22-48-14-13-37(21-48)9-11-39(43,44)12-10-37/h1,3-4,15-17,25-26,45,50H,5-14,18-23H2/b4-3-. The van der Waals surface area contributed by atoms with Gasteiger partial charge in [0, 0.05) is 61.9 Å². The van der Waals surface area contributed by atoms with E-state index in [1.54, 1.807) is 0 Å². The van der Waals surface area contributed by atoms with Crippen molar-refractivity contribution in [3.63, 3.8) is 0 Å². The summed E-state index contributed by atoms with van der Waals surface area (Å²) >= 11 is 0. The minimum atomic E-state index is -2.56. The van der Waals surface area contributed by atoms with Crippen LogP contribution < -0.4 is 15.0 Å². The fraction of sp³-hybridized carbons (Fsp3) is 0.538. The first-order valence-corrected chi connectivity index (χ1v) is 18.0. The van der Waals surface area contributed by atoms with Crippen LogP contribution in [0.25, 0.3) is 28.1 Å². The molecule has 4 heterocycles. The number of fused-ring (bicyclic) bond motifs is 3. The number of terminal acetylenes is 1. The van der Waals surface area contributed by atoms with Crippen LogP contribution >= 0.6 is 0 Å². The predicted molar refractivity (Wildman–Crippen MR) is 185 cm³/mol. The van der Waals surface area contributed by atoms with E-state index in [1.807, 2.05) is 4.90 Å². The van der Waals surface area contributed by atoms with E-state index in [0.29, 0.717) is 38.4 Å². The number of phenols is 1. The highest BCUT2D eigenvalue weighted by atomic mass is 19.3. The van der Waals surface area contributed by atoms with E-state index in [4.69, 9.17) is 16.1 Å². The van der Waals surface area contributed by atoms with Gasteiger partial charge in [-0.05, 0) is 104 Å². The smallest absolute Gasteiger partial charge is 0.319 e. The van der Waals surface area contributed by atoms with Gasteiger partial charge in [-0.2, -0.15) is 9.97 Å². The van der Waals surface area contributed by atoms with E-state index in [1.165, 1.54) is 24.3 Å². The van der Waals surface area contributed by atoms with Gasteiger partial charge in [0.15, 0.2) is 5.82 Å². The molecular formula is C39H42F5N5O2. The van der Waals surface area contributed by atoms with Crippen LogP contribution in [-0.4, -0.2) is 77.3 Å². The Bertz CT molecular complexity index is 1900. The number of piperazine rings is 1. The quantitative estimate of drug-likeness (QED) is 0.178. The number of anilines is 1. The largest absolute Gasteiger partial charge is 0.508 e. The molecule has 2 unspecified atom stereocenters. The number of alkyl halides is 3. The fourth-order valence-corrected chi connectivity index (χ4v) is 8.95. The molecule has 2 saturated carbocycles. The molecule has 1 aromatic heterocycles. The number of hydrogen-bond acceptors (Lipinski definition) is 7. The van der Waals surface area contributed by atoms with Crippen molar-refractivity contribution in [2.75, 3.05) is 44.2 Å². The van der Waals surface area contributed by atoms with Crippen LogP contribution in [-0.2, 0) is 6.67 Å². The SMILES string of the molecule is C#C/C=C\c1cc(O)cc(-c2c(F)cc3c(N4CC5CCC(C4)N5)nc(OCC4(CN5CCC6(CCC(F)(F)CC6)C5)CC4)nc3c2F)c1CF. The van der Waals surface area contributed by atoms with Crippen molar-refractivity contribution in [3.05, 3.63) is 47.0 Å². The number of allylic oxidation sites excluding steroid dienone is 1. The Hall–Kier alpha value is -3.95. The second-order valence-electron chi connectivity index (χ2n) is 15.6. The topological polar surface area (TPSA) is 73.8 Å². The van der Waals surface area contributed by atoms with Crippen LogP contribution in [0.1, 0.15) is 68.9 Å². The zero-order valence-corrected chi connectivity index (χ0v) is 28.5. The van der Waals surface area contributed by atoms with E-state index in [2.05, 4.69) is 21.1 Å². The van der Waals surface area contributed by atoms with Crippen molar-refractivity contribution in [1.82, 2.24) is 20.2 Å². The van der Waals surface area contributed by atoms with Crippen molar-refractivity contribution in [2.24, 2.45) is 10.8 Å². The Morgan fingerprint density at radius 2 is 1.76 bits per heavy atom. The lowest BCUT2D eigenvalue weighted by Crippen LogP contribution is -2.51. The highest BCUT2D eigenvalue weighted by molar-refractivity contribution is 5.94. The second kappa shape index (κ2) is 12.9. The van der Waals surface area contributed by atoms with Crippen LogP contribution in [0, 0.1) is 34.8 Å². The van der Waals surface area contributed by atoms with Crippen molar-refractivity contribution in [2.45, 2.75) is 82.5 Å². The van der Waals surface area contributed by atoms with Gasteiger partial charge in [-0.15, -0.1) is 6.42 Å². The minimum Gasteiger partial charge on any atom is -0.508 e. The van der Waals surface area contributed by atoms with Gasteiger partial charge in [0.2, 0.25) is 5.92 Å². The molecule has 1 spiro atoms. The van der Waals surface area contributed by atoms with E-state index in [-0.39, 0.29) is 75.1 Å². The molecule has 2 atom stereocenters. The Balaban J connectivity index is 1.12. The van der Waals surface area contributed by atoms with Crippen molar-refractivity contribution >= 4 is 22.8 Å². The van der Waals surface area contributed by atoms with Gasteiger partial charge in [-0.1, -0.05) is 5.92 Å². The molecule has 0 radical (unpaired) electrons. The van der Waals surface area contributed by atoms with Gasteiger partial charge in [0.25, 0.3) is 0 Å². The minimum absolute atomic E-state index is 0.0258. The molecule has 270 valence electrons. The van der Waals surface area contributed by atoms with E-state index in [9.17, 15) is 18.3 Å². The van der Waals surface area contributed by atoms with Gasteiger partial charge in [-0.3, -0.25) is 0 Å². The number of hydrogen-bond donors (Lipinski definition) is 2. The zero-order chi connectivity index (χ0) is 35.5. The average molecular weight is 708 g/mol. The molecule has 2 N–H and O–H groups in total. The summed E-state index contributed by atoms with van der Waals surface area (Å²) in [4.78, 5) is 13.7. The maximum atomic E-state index is 16.8. The number of phenolic OH excluding ortho intramolecular Hbond substituents is 1. The van der Waals surface area contributed by atoms with E-state index < -0.39 is 29.8 Å². The number of likely N-dealkylation sites (tertiary alicyclic amines) is 1. The third-order valence-electron chi connectivity index (χ3n) is 12.0. The molecule has 2 bridgehead atoms. The van der Waals surface area contributed by atoms with Gasteiger partial charge in [0.05, 0.1) is 12.2 Å². The Morgan fingerprint density at radius 3 is 2.45 bits per heavy atom. The van der Waals surface area contributed by atoms with Crippen LogP contribution in [0.3, 0.4) is 0 Å². The molecular weight excluding hydrogens is 665 g/mol. The maximum absolute atomic E-state index is 16.8. The van der Waals surface area contributed by atoms with Gasteiger partial charge in [-0.25, -0.2) is 22.0 Å². The van der Waals surface area contributed by atoms with Crippen molar-refractivity contribution in [3.8, 4) is 35.2 Å². The number of nitrogens with one attached hydrogen (secondary N) is 1. The first-order valence-electron chi connectivity index (χ1n) is 18.0. The van der Waals surface area contributed by atoms with Gasteiger partial charge in [0.1, 0.15) is 29.6 Å². The molecule has 2 aliphatic carbocycles. The predicted octanol–water partition coefficient (Wildman–Crippen LogP) is 7.40. The molecule has 51 heavy (non-hydrogen) atoms. The van der Waals surface area contributed by atoms with Gasteiger partial charge < -0.3 is 25.0 Å². The fourth-order valence-electron chi connectivity index (χ4n) is 8.95. The summed E-state index contributed by atoms with van der Waals surface area (Å²) in [6.07, 6.45) is 13.8. The van der Waals surface area contributed by atoms with Crippen LogP contribution in [0.15, 0.2) is 24.3 Å². The average Bonchev–Trinajstić information content (AvgIpc) is 3.63. The van der Waals surface area contributed by atoms with Crippen LogP contribution in [0.5, 0.6) is 11.8 Å². The summed E-state index contributed by atoms with van der Waals surface area (Å²) in [5.74, 6) is -2.12. The summed E-state index contributed by atoms with van der Waals surface area (Å²) in [6.45, 7) is 2.89. The molecule has 5 aliphatic rings. The molecule has 7 nitrogen and oxygen atoms in total. The molecule has 3 saturated heterocycles. The first kappa shape index (κ1) is 34.2. The number of rotatable bonds is 9. The van der Waals surface area contributed by atoms with E-state index in [0.717, 1.165) is 57.8 Å². The van der Waals surface area contributed by atoms with Crippen molar-refractivity contribution < 1.29 is 31.8 Å². The van der Waals surface area contributed by atoms with Crippen LogP contribution in [0.2, 0.25) is 0 Å². The van der Waals surface area contributed by atoms with Crippen LogP contribution in [0.4, 0.5) is 27.8 Å². The monoisotopic (exact) mass is 707 g/mol. The Kier molecular flexibility index (Phi) is 8.65. The van der Waals surface area contributed by atoms with Crippen molar-refractivity contribution in [1.29, 1.82) is 0 Å². The molecule has 0 amide bonds.